The number of primary amides is 1. The molecular formula is C33H49N5O6S. The topological polar surface area (TPSA) is 188 Å². The highest BCUT2D eigenvalue weighted by atomic mass is 32.2. The van der Waals surface area contributed by atoms with Crippen LogP contribution in [0.1, 0.15) is 54.4 Å². The van der Waals surface area contributed by atoms with Crippen LogP contribution in [0.15, 0.2) is 42.5 Å². The van der Waals surface area contributed by atoms with Crippen molar-refractivity contribution in [3.8, 4) is 5.75 Å². The number of nitrogens with two attached hydrogens (primary N) is 2. The van der Waals surface area contributed by atoms with Crippen LogP contribution in [0.25, 0.3) is 0 Å². The zero-order chi connectivity index (χ0) is 33.4. The van der Waals surface area contributed by atoms with Crippen molar-refractivity contribution in [3.05, 3.63) is 64.7 Å². The molecule has 4 amide bonds. The van der Waals surface area contributed by atoms with Crippen LogP contribution in [-0.2, 0) is 32.0 Å². The second kappa shape index (κ2) is 19.7. The van der Waals surface area contributed by atoms with Crippen molar-refractivity contribution in [1.82, 2.24) is 15.5 Å². The van der Waals surface area contributed by atoms with Crippen LogP contribution in [0.2, 0.25) is 0 Å². The Kier molecular flexibility index (Phi) is 16.5. The number of thioether (sulfide) groups is 1. The summed E-state index contributed by atoms with van der Waals surface area (Å²) < 4.78 is 0. The number of carbonyl (C=O) groups excluding carboxylic acids is 4. The van der Waals surface area contributed by atoms with E-state index in [1.165, 1.54) is 16.7 Å². The van der Waals surface area contributed by atoms with Crippen LogP contribution in [0.5, 0.6) is 5.75 Å². The predicted molar refractivity (Wildman–Crippen MR) is 178 cm³/mol. The summed E-state index contributed by atoms with van der Waals surface area (Å²) in [4.78, 5) is 53.8. The molecule has 0 radical (unpaired) electrons. The summed E-state index contributed by atoms with van der Waals surface area (Å²) in [5, 5.41) is 24.3. The summed E-state index contributed by atoms with van der Waals surface area (Å²) in [5.74, 6) is -1.43. The Morgan fingerprint density at radius 2 is 1.60 bits per heavy atom. The molecule has 0 fully saturated rings. The van der Waals surface area contributed by atoms with Gasteiger partial charge in [-0.3, -0.25) is 19.2 Å². The van der Waals surface area contributed by atoms with Crippen molar-refractivity contribution in [2.75, 3.05) is 31.7 Å². The van der Waals surface area contributed by atoms with Gasteiger partial charge in [-0.15, -0.1) is 0 Å². The highest BCUT2D eigenvalue weighted by Gasteiger charge is 2.30. The van der Waals surface area contributed by atoms with Crippen molar-refractivity contribution in [1.29, 1.82) is 0 Å². The van der Waals surface area contributed by atoms with Gasteiger partial charge in [0.15, 0.2) is 0 Å². The molecule has 0 aliphatic rings. The number of nitrogens with one attached hydrogen (secondary N) is 2. The first-order valence-electron chi connectivity index (χ1n) is 15.3. The lowest BCUT2D eigenvalue weighted by molar-refractivity contribution is -0.140. The number of rotatable bonds is 20. The van der Waals surface area contributed by atoms with E-state index < -0.39 is 41.8 Å². The number of aryl methyl sites for hydroxylation is 2. The number of carbonyl (C=O) groups is 4. The quantitative estimate of drug-likeness (QED) is 0.118. The summed E-state index contributed by atoms with van der Waals surface area (Å²) >= 11 is 1.51. The smallest absolute Gasteiger partial charge is 0.243 e. The second-order valence-corrected chi connectivity index (χ2v) is 12.2. The predicted octanol–water partition coefficient (Wildman–Crippen LogP) is 1.71. The fourth-order valence-corrected chi connectivity index (χ4v) is 5.65. The minimum atomic E-state index is -0.936. The maximum atomic E-state index is 13.5. The summed E-state index contributed by atoms with van der Waals surface area (Å²) in [7, 11) is 0. The fourth-order valence-electron chi connectivity index (χ4n) is 5.18. The first-order valence-corrected chi connectivity index (χ1v) is 16.7. The van der Waals surface area contributed by atoms with Crippen LogP contribution in [-0.4, -0.2) is 88.6 Å². The highest BCUT2D eigenvalue weighted by molar-refractivity contribution is 7.98. The Balaban J connectivity index is 2.12. The first kappa shape index (κ1) is 37.6. The van der Waals surface area contributed by atoms with Crippen molar-refractivity contribution in [2.45, 2.75) is 76.9 Å². The number of amides is 4. The average Bonchev–Trinajstić information content (AvgIpc) is 3.00. The maximum Gasteiger partial charge on any atom is 0.243 e. The van der Waals surface area contributed by atoms with E-state index in [1.54, 1.807) is 12.1 Å². The number of unbranched alkanes of at least 4 members (excludes halogenated alkanes) is 3. The van der Waals surface area contributed by atoms with E-state index >= 15 is 0 Å². The van der Waals surface area contributed by atoms with Crippen LogP contribution in [0.3, 0.4) is 0 Å². The number of aliphatic hydroxyl groups is 1. The Hall–Kier alpha value is -3.61. The molecule has 0 spiro atoms. The second-order valence-electron chi connectivity index (χ2n) is 11.3. The summed E-state index contributed by atoms with van der Waals surface area (Å²) in [6, 6.07) is 9.71. The van der Waals surface area contributed by atoms with E-state index in [0.717, 1.165) is 35.1 Å². The normalized spacial score (nSPS) is 13.0. The molecule has 0 aromatic heterocycles. The third-order valence-corrected chi connectivity index (χ3v) is 8.35. The largest absolute Gasteiger partial charge is 0.508 e. The van der Waals surface area contributed by atoms with E-state index in [-0.39, 0.29) is 38.3 Å². The molecule has 2 aromatic carbocycles. The fraction of sp³-hybridized carbons (Fsp3) is 0.515. The number of nitrogens with zero attached hydrogens (tertiary/aromatic N) is 1. The van der Waals surface area contributed by atoms with E-state index in [2.05, 4.69) is 10.6 Å². The maximum absolute atomic E-state index is 13.5. The standard InChI is InChI=1S/C33H49N5O6S/c1-22-17-25(40)18-23(2)26(22)20-27(34)32(43)37-28(13-16-45-3)33(44)36-21-30(41)38(14-9-4-5-10-15-39)29(31(35)42)19-24-11-7-6-8-12-24/h6-8,11-12,17-18,27-29,39-40H,4-5,9-10,13-16,19-21,34H2,1-3H3,(H2,35,42)(H,36,44)(H,37,43)/t27-,28-,29+/m1/s1. The third kappa shape index (κ3) is 12.7. The molecule has 0 saturated carbocycles. The lowest BCUT2D eigenvalue weighted by Gasteiger charge is -2.30. The number of aliphatic hydroxyl groups excluding tert-OH is 1. The molecule has 0 aliphatic carbocycles. The minimum Gasteiger partial charge on any atom is -0.508 e. The van der Waals surface area contributed by atoms with Gasteiger partial charge in [0.05, 0.1) is 12.6 Å². The monoisotopic (exact) mass is 643 g/mol. The summed E-state index contributed by atoms with van der Waals surface area (Å²) in [6.07, 6.45) is 5.44. The van der Waals surface area contributed by atoms with Gasteiger partial charge in [-0.05, 0) is 85.9 Å². The van der Waals surface area contributed by atoms with Crippen molar-refractivity contribution in [3.63, 3.8) is 0 Å². The van der Waals surface area contributed by atoms with Gasteiger partial charge < -0.3 is 37.2 Å². The van der Waals surface area contributed by atoms with Gasteiger partial charge in [-0.25, -0.2) is 0 Å². The molecule has 0 unspecified atom stereocenters. The summed E-state index contributed by atoms with van der Waals surface area (Å²) in [5.41, 5.74) is 15.3. The molecule has 0 saturated heterocycles. The Labute approximate surface area is 270 Å². The third-order valence-electron chi connectivity index (χ3n) is 7.70. The van der Waals surface area contributed by atoms with E-state index in [4.69, 9.17) is 16.6 Å². The molecule has 8 N–H and O–H groups in total. The van der Waals surface area contributed by atoms with Gasteiger partial charge in [0.2, 0.25) is 23.6 Å². The van der Waals surface area contributed by atoms with E-state index in [9.17, 15) is 24.3 Å². The zero-order valence-electron chi connectivity index (χ0n) is 26.6. The number of phenols is 1. The Bertz CT molecular complexity index is 1240. The first-order chi connectivity index (χ1) is 21.5. The number of benzene rings is 2. The number of phenolic OH excluding ortho intramolecular Hbond substituents is 1. The average molecular weight is 644 g/mol. The van der Waals surface area contributed by atoms with Gasteiger partial charge in [-0.2, -0.15) is 11.8 Å². The van der Waals surface area contributed by atoms with Gasteiger partial charge in [0.1, 0.15) is 17.8 Å². The van der Waals surface area contributed by atoms with Crippen LogP contribution in [0, 0.1) is 13.8 Å². The molecule has 0 aliphatic heterocycles. The highest BCUT2D eigenvalue weighted by Crippen LogP contribution is 2.22. The molecule has 248 valence electrons. The molecule has 3 atom stereocenters. The van der Waals surface area contributed by atoms with Crippen molar-refractivity contribution >= 4 is 35.4 Å². The van der Waals surface area contributed by atoms with Crippen LogP contribution < -0.4 is 22.1 Å². The zero-order valence-corrected chi connectivity index (χ0v) is 27.4. The molecule has 12 heteroatoms. The number of aromatic hydroxyl groups is 1. The Morgan fingerprint density at radius 3 is 2.20 bits per heavy atom. The SMILES string of the molecule is CSCC[C@@H](NC(=O)[C@H](N)Cc1c(C)cc(O)cc1C)C(=O)NCC(=O)N(CCCCCCO)[C@@H](Cc1ccccc1)C(N)=O. The molecule has 0 heterocycles. The molecular weight excluding hydrogens is 594 g/mol. The number of hydrogen-bond donors (Lipinski definition) is 6. The van der Waals surface area contributed by atoms with Gasteiger partial charge in [0.25, 0.3) is 0 Å². The van der Waals surface area contributed by atoms with Gasteiger partial charge in [0, 0.05) is 19.6 Å². The molecule has 0 bridgehead atoms. The van der Waals surface area contributed by atoms with E-state index in [0.29, 0.717) is 25.0 Å². The molecule has 2 rings (SSSR count). The molecule has 2 aromatic rings. The number of hydrogen-bond acceptors (Lipinski definition) is 8. The van der Waals surface area contributed by atoms with E-state index in [1.807, 2.05) is 50.4 Å². The summed E-state index contributed by atoms with van der Waals surface area (Å²) in [6.45, 7) is 3.64. The minimum absolute atomic E-state index is 0.0852. The molecule has 11 nitrogen and oxygen atoms in total. The Morgan fingerprint density at radius 1 is 0.956 bits per heavy atom. The molecule has 45 heavy (non-hydrogen) atoms. The van der Waals surface area contributed by atoms with Crippen LogP contribution >= 0.6 is 11.8 Å². The van der Waals surface area contributed by atoms with Gasteiger partial charge in [-0.1, -0.05) is 43.2 Å². The van der Waals surface area contributed by atoms with Gasteiger partial charge >= 0.3 is 0 Å². The van der Waals surface area contributed by atoms with Crippen LogP contribution in [0.4, 0.5) is 0 Å². The van der Waals surface area contributed by atoms with Crippen molar-refractivity contribution < 1.29 is 29.4 Å². The lowest BCUT2D eigenvalue weighted by Crippen LogP contribution is -2.55. The van der Waals surface area contributed by atoms with Crippen molar-refractivity contribution in [2.24, 2.45) is 11.5 Å². The lowest BCUT2D eigenvalue weighted by atomic mass is 9.96.